The number of amides is 3. The molecule has 3 aromatic carbocycles. The molecule has 0 aliphatic heterocycles. The standard InChI is InChI=1S/C33H40N4O6/c1-21(2)17-29(33(42)43)37-32(41)28(20-23-11-7-4-8-12-23)36-31(40)27(19-22-9-5-3-6-10-22)35-30(39)26(34)18-24-13-15-25(38)16-14-24/h3-16,21,26-29,38H,17-20,34H2,1-2H3,(H,35,39)(H,36,40)(H,37,41)(H,42,43). The Kier molecular flexibility index (Phi) is 12.3. The molecule has 0 saturated heterocycles. The van der Waals surface area contributed by atoms with E-state index in [0.717, 1.165) is 16.7 Å². The van der Waals surface area contributed by atoms with Crippen molar-refractivity contribution in [2.75, 3.05) is 0 Å². The average molecular weight is 589 g/mol. The van der Waals surface area contributed by atoms with Crippen molar-refractivity contribution in [3.63, 3.8) is 0 Å². The van der Waals surface area contributed by atoms with Crippen LogP contribution >= 0.6 is 0 Å². The fraction of sp³-hybridized carbons (Fsp3) is 0.333. The van der Waals surface area contributed by atoms with Crippen LogP contribution in [0.1, 0.15) is 37.0 Å². The molecule has 10 nitrogen and oxygen atoms in total. The van der Waals surface area contributed by atoms with Gasteiger partial charge in [-0.1, -0.05) is 86.6 Å². The number of hydrogen-bond acceptors (Lipinski definition) is 6. The molecular weight excluding hydrogens is 548 g/mol. The number of aromatic hydroxyl groups is 1. The monoisotopic (exact) mass is 588 g/mol. The normalized spacial score (nSPS) is 13.8. The van der Waals surface area contributed by atoms with Crippen molar-refractivity contribution in [3.8, 4) is 5.75 Å². The van der Waals surface area contributed by atoms with Crippen molar-refractivity contribution in [3.05, 3.63) is 102 Å². The van der Waals surface area contributed by atoms with Gasteiger partial charge in [0.15, 0.2) is 0 Å². The third-order valence-electron chi connectivity index (χ3n) is 6.88. The molecule has 0 aromatic heterocycles. The second-order valence-corrected chi connectivity index (χ2v) is 11.0. The number of phenols is 1. The first-order chi connectivity index (χ1) is 20.5. The summed E-state index contributed by atoms with van der Waals surface area (Å²) in [6, 6.07) is 20.2. The van der Waals surface area contributed by atoms with Gasteiger partial charge in [0.1, 0.15) is 23.9 Å². The SMILES string of the molecule is CC(C)CC(NC(=O)C(Cc1ccccc1)NC(=O)C(Cc1ccccc1)NC(=O)C(N)Cc1ccc(O)cc1)C(=O)O. The van der Waals surface area contributed by atoms with E-state index in [0.29, 0.717) is 0 Å². The highest BCUT2D eigenvalue weighted by molar-refractivity contribution is 5.94. The minimum atomic E-state index is -1.16. The molecule has 7 N–H and O–H groups in total. The van der Waals surface area contributed by atoms with Crippen LogP contribution in [-0.2, 0) is 38.4 Å². The van der Waals surface area contributed by atoms with E-state index in [1.807, 2.05) is 50.2 Å². The quantitative estimate of drug-likeness (QED) is 0.158. The first-order valence-corrected chi connectivity index (χ1v) is 14.3. The number of carboxylic acid groups (broad SMARTS) is 1. The Bertz CT molecular complexity index is 1350. The molecule has 4 atom stereocenters. The summed E-state index contributed by atoms with van der Waals surface area (Å²) >= 11 is 0. The number of rotatable bonds is 15. The van der Waals surface area contributed by atoms with Crippen LogP contribution in [0.4, 0.5) is 0 Å². The van der Waals surface area contributed by atoms with E-state index in [-0.39, 0.29) is 37.4 Å². The first-order valence-electron chi connectivity index (χ1n) is 14.3. The minimum absolute atomic E-state index is 0.0137. The molecule has 3 amide bonds. The zero-order valence-corrected chi connectivity index (χ0v) is 24.4. The molecule has 4 unspecified atom stereocenters. The highest BCUT2D eigenvalue weighted by Crippen LogP contribution is 2.12. The van der Waals surface area contributed by atoms with Crippen molar-refractivity contribution >= 4 is 23.7 Å². The molecule has 0 aliphatic carbocycles. The van der Waals surface area contributed by atoms with Gasteiger partial charge in [-0.2, -0.15) is 0 Å². The molecule has 228 valence electrons. The summed E-state index contributed by atoms with van der Waals surface area (Å²) in [6.45, 7) is 3.71. The zero-order chi connectivity index (χ0) is 31.4. The molecule has 10 heteroatoms. The maximum atomic E-state index is 13.7. The van der Waals surface area contributed by atoms with E-state index < -0.39 is 47.9 Å². The number of benzene rings is 3. The lowest BCUT2D eigenvalue weighted by Gasteiger charge is -2.26. The van der Waals surface area contributed by atoms with Crippen LogP contribution in [0.15, 0.2) is 84.9 Å². The molecule has 43 heavy (non-hydrogen) atoms. The van der Waals surface area contributed by atoms with Gasteiger partial charge in [0.25, 0.3) is 0 Å². The van der Waals surface area contributed by atoms with Gasteiger partial charge in [0.05, 0.1) is 6.04 Å². The van der Waals surface area contributed by atoms with Crippen LogP contribution in [0.25, 0.3) is 0 Å². The summed E-state index contributed by atoms with van der Waals surface area (Å²) in [7, 11) is 0. The Balaban J connectivity index is 1.82. The molecule has 0 aliphatic rings. The Morgan fingerprint density at radius 1 is 0.628 bits per heavy atom. The van der Waals surface area contributed by atoms with E-state index in [4.69, 9.17) is 5.73 Å². The predicted molar refractivity (Wildman–Crippen MR) is 163 cm³/mol. The van der Waals surface area contributed by atoms with E-state index in [9.17, 15) is 29.4 Å². The highest BCUT2D eigenvalue weighted by atomic mass is 16.4. The summed E-state index contributed by atoms with van der Waals surface area (Å²) in [5, 5.41) is 27.3. The van der Waals surface area contributed by atoms with Gasteiger partial charge in [-0.15, -0.1) is 0 Å². The van der Waals surface area contributed by atoms with Crippen molar-refractivity contribution in [1.82, 2.24) is 16.0 Å². The first kappa shape index (κ1) is 32.8. The smallest absolute Gasteiger partial charge is 0.326 e. The van der Waals surface area contributed by atoms with Gasteiger partial charge in [-0.25, -0.2) is 4.79 Å². The van der Waals surface area contributed by atoms with Gasteiger partial charge in [-0.3, -0.25) is 14.4 Å². The molecule has 0 bridgehead atoms. The lowest BCUT2D eigenvalue weighted by molar-refractivity contribution is -0.142. The van der Waals surface area contributed by atoms with Crippen LogP contribution in [-0.4, -0.2) is 58.1 Å². The fourth-order valence-corrected chi connectivity index (χ4v) is 4.61. The summed E-state index contributed by atoms with van der Waals surface area (Å²) in [4.78, 5) is 52.1. The number of phenolic OH excluding ortho intramolecular Hbond substituents is 1. The Morgan fingerprint density at radius 2 is 1.05 bits per heavy atom. The lowest BCUT2D eigenvalue weighted by Crippen LogP contribution is -2.58. The summed E-state index contributed by atoms with van der Waals surface area (Å²) in [5.74, 6) is -2.87. The molecule has 3 aromatic rings. The molecular formula is C33H40N4O6. The Labute approximate surface area is 251 Å². The minimum Gasteiger partial charge on any atom is -0.508 e. The van der Waals surface area contributed by atoms with Crippen molar-refractivity contribution in [2.24, 2.45) is 11.7 Å². The number of nitrogens with one attached hydrogen (secondary N) is 3. The van der Waals surface area contributed by atoms with Crippen molar-refractivity contribution in [1.29, 1.82) is 0 Å². The topological polar surface area (TPSA) is 171 Å². The molecule has 3 rings (SSSR count). The zero-order valence-electron chi connectivity index (χ0n) is 24.4. The van der Waals surface area contributed by atoms with Crippen LogP contribution in [0.2, 0.25) is 0 Å². The maximum Gasteiger partial charge on any atom is 0.326 e. The molecule has 0 spiro atoms. The number of nitrogens with two attached hydrogens (primary N) is 1. The predicted octanol–water partition coefficient (Wildman–Crippen LogP) is 2.33. The Morgan fingerprint density at radius 3 is 1.49 bits per heavy atom. The number of aliphatic carboxylic acids is 1. The highest BCUT2D eigenvalue weighted by Gasteiger charge is 2.31. The number of carboxylic acids is 1. The van der Waals surface area contributed by atoms with Crippen molar-refractivity contribution in [2.45, 2.75) is 63.7 Å². The van der Waals surface area contributed by atoms with Crippen molar-refractivity contribution < 1.29 is 29.4 Å². The number of hydrogen-bond donors (Lipinski definition) is 6. The number of carbonyl (C=O) groups is 4. The lowest BCUT2D eigenvalue weighted by atomic mass is 10.00. The molecule has 0 saturated carbocycles. The van der Waals surface area contributed by atoms with Gasteiger partial charge < -0.3 is 31.9 Å². The second-order valence-electron chi connectivity index (χ2n) is 11.0. The summed E-state index contributed by atoms with van der Waals surface area (Å²) in [6.07, 6.45) is 0.643. The Hall–Kier alpha value is -4.70. The van der Waals surface area contributed by atoms with Crippen LogP contribution in [0.3, 0.4) is 0 Å². The molecule has 0 radical (unpaired) electrons. The molecule has 0 fully saturated rings. The van der Waals surface area contributed by atoms with E-state index >= 15 is 0 Å². The van der Waals surface area contributed by atoms with Gasteiger partial charge in [0, 0.05) is 12.8 Å². The van der Waals surface area contributed by atoms with E-state index in [1.54, 1.807) is 36.4 Å². The van der Waals surface area contributed by atoms with Crippen LogP contribution in [0.5, 0.6) is 5.75 Å². The van der Waals surface area contributed by atoms with Crippen LogP contribution in [0, 0.1) is 5.92 Å². The summed E-state index contributed by atoms with van der Waals surface area (Å²) in [5.41, 5.74) is 8.45. The largest absolute Gasteiger partial charge is 0.508 e. The third-order valence-corrected chi connectivity index (χ3v) is 6.88. The van der Waals surface area contributed by atoms with Gasteiger partial charge in [0.2, 0.25) is 17.7 Å². The maximum absolute atomic E-state index is 13.7. The fourth-order valence-electron chi connectivity index (χ4n) is 4.61. The molecule has 0 heterocycles. The third kappa shape index (κ3) is 10.9. The van der Waals surface area contributed by atoms with Gasteiger partial charge >= 0.3 is 5.97 Å². The van der Waals surface area contributed by atoms with E-state index in [2.05, 4.69) is 16.0 Å². The number of carbonyl (C=O) groups excluding carboxylic acids is 3. The summed E-state index contributed by atoms with van der Waals surface area (Å²) < 4.78 is 0. The second kappa shape index (κ2) is 16.1. The van der Waals surface area contributed by atoms with Gasteiger partial charge in [-0.05, 0) is 47.6 Å². The van der Waals surface area contributed by atoms with Crippen LogP contribution < -0.4 is 21.7 Å². The average Bonchev–Trinajstić information content (AvgIpc) is 2.98. The van der Waals surface area contributed by atoms with E-state index in [1.165, 1.54) is 12.1 Å².